The summed E-state index contributed by atoms with van der Waals surface area (Å²) in [6, 6.07) is 9.15. The summed E-state index contributed by atoms with van der Waals surface area (Å²) in [4.78, 5) is 25.7. The van der Waals surface area contributed by atoms with Crippen LogP contribution in [0.15, 0.2) is 42.6 Å². The standard InChI is InChI=1S/C16H14N4O3S/c21-14-8-15(24(23)18-14)20-13-6-7-19(10-12(13)9-17-20)16(22)11-4-2-1-3-5-11/h1-5,8-9H,6-7,10H2,(H,18,21). The number of nitrogens with zero attached hydrogens (tertiary/aromatic N) is 3. The van der Waals surface area contributed by atoms with E-state index < -0.39 is 11.0 Å². The van der Waals surface area contributed by atoms with E-state index in [0.717, 1.165) is 11.3 Å². The Hall–Kier alpha value is -2.74. The Balaban J connectivity index is 1.60. The summed E-state index contributed by atoms with van der Waals surface area (Å²) in [7, 11) is -1.58. The van der Waals surface area contributed by atoms with Crippen LogP contribution in [0.5, 0.6) is 0 Å². The number of amides is 2. The van der Waals surface area contributed by atoms with Crippen molar-refractivity contribution in [3.63, 3.8) is 0 Å². The first-order valence-electron chi connectivity index (χ1n) is 7.48. The zero-order valence-electron chi connectivity index (χ0n) is 12.6. The summed E-state index contributed by atoms with van der Waals surface area (Å²) in [5, 5.41) is 4.59. The summed E-state index contributed by atoms with van der Waals surface area (Å²) < 4.78 is 15.8. The van der Waals surface area contributed by atoms with Gasteiger partial charge < -0.3 is 4.90 Å². The predicted octanol–water partition coefficient (Wildman–Crippen LogP) is 0.673. The van der Waals surface area contributed by atoms with Crippen LogP contribution in [0.3, 0.4) is 0 Å². The van der Waals surface area contributed by atoms with Crippen molar-refractivity contribution in [3.05, 3.63) is 59.4 Å². The zero-order valence-corrected chi connectivity index (χ0v) is 13.5. The smallest absolute Gasteiger partial charge is 0.258 e. The third-order valence-electron chi connectivity index (χ3n) is 4.09. The third-order valence-corrected chi connectivity index (χ3v) is 5.15. The third kappa shape index (κ3) is 2.44. The number of rotatable bonds is 2. The molecular weight excluding hydrogens is 328 g/mol. The quantitative estimate of drug-likeness (QED) is 0.869. The van der Waals surface area contributed by atoms with Crippen molar-refractivity contribution >= 4 is 27.8 Å². The molecule has 8 heteroatoms. The maximum Gasteiger partial charge on any atom is 0.258 e. The van der Waals surface area contributed by atoms with Gasteiger partial charge in [-0.05, 0) is 12.1 Å². The first-order chi connectivity index (χ1) is 11.6. The molecule has 0 bridgehead atoms. The van der Waals surface area contributed by atoms with Gasteiger partial charge in [-0.1, -0.05) is 18.2 Å². The summed E-state index contributed by atoms with van der Waals surface area (Å²) in [5.74, 6) is -0.404. The summed E-state index contributed by atoms with van der Waals surface area (Å²) in [6.07, 6.45) is 3.56. The van der Waals surface area contributed by atoms with E-state index in [-0.39, 0.29) is 11.8 Å². The van der Waals surface area contributed by atoms with Crippen LogP contribution in [0, 0.1) is 0 Å². The summed E-state index contributed by atoms with van der Waals surface area (Å²) in [6.45, 7) is 0.998. The van der Waals surface area contributed by atoms with Gasteiger partial charge in [0.15, 0.2) is 16.0 Å². The number of aromatic nitrogens is 2. The molecule has 4 rings (SSSR count). The molecule has 1 N–H and O–H groups in total. The van der Waals surface area contributed by atoms with E-state index in [0.29, 0.717) is 30.1 Å². The first-order valence-corrected chi connectivity index (χ1v) is 8.63. The minimum absolute atomic E-state index is 0.0190. The van der Waals surface area contributed by atoms with Gasteiger partial charge in [-0.2, -0.15) is 5.10 Å². The first kappa shape index (κ1) is 14.8. The van der Waals surface area contributed by atoms with E-state index in [4.69, 9.17) is 0 Å². The fraction of sp³-hybridized carbons (Fsp3) is 0.188. The topological polar surface area (TPSA) is 84.3 Å². The average Bonchev–Trinajstić information content (AvgIpc) is 3.16. The Labute approximate surface area is 140 Å². The van der Waals surface area contributed by atoms with Gasteiger partial charge in [-0.15, -0.1) is 0 Å². The Kier molecular flexibility index (Phi) is 3.53. The number of nitrogens with one attached hydrogen (secondary N) is 1. The molecule has 0 fully saturated rings. The number of fused-ring (bicyclic) bond motifs is 1. The van der Waals surface area contributed by atoms with Crippen LogP contribution in [0.2, 0.25) is 0 Å². The molecule has 24 heavy (non-hydrogen) atoms. The largest absolute Gasteiger partial charge is 0.334 e. The van der Waals surface area contributed by atoms with Gasteiger partial charge in [0.1, 0.15) is 0 Å². The van der Waals surface area contributed by atoms with Gasteiger partial charge in [-0.25, -0.2) is 8.89 Å². The SMILES string of the molecule is O=C1C=C(n2ncc3c2CCN(C(=O)c2ccccc2)C3)S(=O)N1. The van der Waals surface area contributed by atoms with Crippen LogP contribution >= 0.6 is 0 Å². The van der Waals surface area contributed by atoms with Gasteiger partial charge in [0, 0.05) is 36.7 Å². The normalized spacial score (nSPS) is 19.7. The molecular formula is C16H14N4O3S. The van der Waals surface area contributed by atoms with Crippen LogP contribution in [-0.4, -0.2) is 37.2 Å². The fourth-order valence-corrected chi connectivity index (χ4v) is 3.81. The van der Waals surface area contributed by atoms with E-state index in [1.807, 2.05) is 18.2 Å². The predicted molar refractivity (Wildman–Crippen MR) is 87.7 cm³/mol. The monoisotopic (exact) mass is 342 g/mol. The highest BCUT2D eigenvalue weighted by Crippen LogP contribution is 2.24. The highest BCUT2D eigenvalue weighted by molar-refractivity contribution is 7.93. The van der Waals surface area contributed by atoms with Gasteiger partial charge in [0.2, 0.25) is 0 Å². The van der Waals surface area contributed by atoms with Crippen molar-refractivity contribution < 1.29 is 13.8 Å². The van der Waals surface area contributed by atoms with Crippen molar-refractivity contribution in [1.82, 2.24) is 19.4 Å². The Bertz CT molecular complexity index is 888. The van der Waals surface area contributed by atoms with Gasteiger partial charge in [0.25, 0.3) is 11.8 Å². The second-order valence-corrected chi connectivity index (χ2v) is 6.75. The fourth-order valence-electron chi connectivity index (χ4n) is 2.94. The number of hydrogen-bond donors (Lipinski definition) is 1. The molecule has 0 radical (unpaired) electrons. The Morgan fingerprint density at radius 2 is 2.04 bits per heavy atom. The lowest BCUT2D eigenvalue weighted by Crippen LogP contribution is -2.36. The molecule has 1 atom stereocenters. The van der Waals surface area contributed by atoms with Crippen LogP contribution < -0.4 is 4.72 Å². The van der Waals surface area contributed by atoms with Crippen LogP contribution in [-0.2, 0) is 28.7 Å². The second-order valence-electron chi connectivity index (χ2n) is 5.59. The molecule has 0 aliphatic carbocycles. The molecule has 2 amide bonds. The van der Waals surface area contributed by atoms with Gasteiger partial charge in [-0.3, -0.25) is 14.3 Å². The molecule has 2 aliphatic heterocycles. The molecule has 3 heterocycles. The minimum atomic E-state index is -1.58. The lowest BCUT2D eigenvalue weighted by Gasteiger charge is -2.27. The highest BCUT2D eigenvalue weighted by atomic mass is 32.2. The van der Waals surface area contributed by atoms with Gasteiger partial charge >= 0.3 is 0 Å². The van der Waals surface area contributed by atoms with Crippen molar-refractivity contribution in [2.24, 2.45) is 0 Å². The molecule has 2 aliphatic rings. The average molecular weight is 342 g/mol. The van der Waals surface area contributed by atoms with Crippen molar-refractivity contribution in [2.45, 2.75) is 13.0 Å². The maximum atomic E-state index is 12.6. The molecule has 0 saturated heterocycles. The van der Waals surface area contributed by atoms with E-state index in [1.54, 1.807) is 27.9 Å². The number of carbonyl (C=O) groups excluding carboxylic acids is 2. The summed E-state index contributed by atoms with van der Waals surface area (Å²) in [5.41, 5.74) is 2.45. The highest BCUT2D eigenvalue weighted by Gasteiger charge is 2.29. The van der Waals surface area contributed by atoms with Crippen LogP contribution in [0.25, 0.3) is 5.03 Å². The maximum absolute atomic E-state index is 12.6. The molecule has 7 nitrogen and oxygen atoms in total. The number of carbonyl (C=O) groups is 2. The number of hydrogen-bond acceptors (Lipinski definition) is 4. The van der Waals surface area contributed by atoms with Crippen molar-refractivity contribution in [2.75, 3.05) is 6.54 Å². The molecule has 1 aromatic carbocycles. The Morgan fingerprint density at radius 3 is 2.75 bits per heavy atom. The van der Waals surface area contributed by atoms with E-state index in [9.17, 15) is 13.8 Å². The molecule has 1 unspecified atom stereocenters. The van der Waals surface area contributed by atoms with E-state index >= 15 is 0 Å². The molecule has 122 valence electrons. The minimum Gasteiger partial charge on any atom is -0.334 e. The van der Waals surface area contributed by atoms with E-state index in [2.05, 4.69) is 9.82 Å². The number of benzene rings is 1. The Morgan fingerprint density at radius 1 is 1.25 bits per heavy atom. The second kappa shape index (κ2) is 5.72. The van der Waals surface area contributed by atoms with Gasteiger partial charge in [0.05, 0.1) is 11.9 Å². The molecule has 2 aromatic rings. The van der Waals surface area contributed by atoms with E-state index in [1.165, 1.54) is 6.08 Å². The van der Waals surface area contributed by atoms with Crippen molar-refractivity contribution in [3.8, 4) is 0 Å². The van der Waals surface area contributed by atoms with Crippen molar-refractivity contribution in [1.29, 1.82) is 0 Å². The summed E-state index contributed by atoms with van der Waals surface area (Å²) >= 11 is 0. The van der Waals surface area contributed by atoms with Crippen LogP contribution in [0.1, 0.15) is 21.6 Å². The molecule has 1 aromatic heterocycles. The molecule has 0 spiro atoms. The van der Waals surface area contributed by atoms with Crippen LogP contribution in [0.4, 0.5) is 0 Å². The lowest BCUT2D eigenvalue weighted by atomic mass is 10.1. The molecule has 0 saturated carbocycles. The lowest BCUT2D eigenvalue weighted by molar-refractivity contribution is -0.114. The zero-order chi connectivity index (χ0) is 16.7.